The fraction of sp³-hybridized carbons (Fsp3) is 0.462. The molecule has 1 rings (SSSR count). The molecule has 0 amide bonds. The fourth-order valence-electron chi connectivity index (χ4n) is 1.74. The van der Waals surface area contributed by atoms with Crippen LogP contribution in [0, 0.1) is 10.1 Å². The molecule has 0 aromatic heterocycles. The molecule has 0 spiro atoms. The summed E-state index contributed by atoms with van der Waals surface area (Å²) in [7, 11) is 0. The maximum absolute atomic E-state index is 11.7. The molecule has 104 valence electrons. The molecule has 0 fully saturated rings. The molecule has 1 aromatic rings. The first-order valence-electron chi connectivity index (χ1n) is 6.08. The van der Waals surface area contributed by atoms with Crippen LogP contribution in [0.3, 0.4) is 0 Å². The third kappa shape index (κ3) is 4.03. The average Bonchev–Trinajstić information content (AvgIpc) is 2.39. The maximum atomic E-state index is 11.7. The molecule has 2 atom stereocenters. The Balaban J connectivity index is 3.06. The first-order chi connectivity index (χ1) is 9.11. The fourth-order valence-corrected chi connectivity index (χ4v) is 1.74. The molecular formula is C13H17NO5. The summed E-state index contributed by atoms with van der Waals surface area (Å²) in [5, 5.41) is 11.1. The van der Waals surface area contributed by atoms with E-state index in [1.54, 1.807) is 44.2 Å². The number of ether oxygens (including phenoxy) is 2. The largest absolute Gasteiger partial charge is 0.461 e. The predicted octanol–water partition coefficient (Wildman–Crippen LogP) is 1.97. The molecule has 1 aromatic carbocycles. The number of esters is 1. The van der Waals surface area contributed by atoms with E-state index in [9.17, 15) is 14.9 Å². The Labute approximate surface area is 111 Å². The van der Waals surface area contributed by atoms with Crippen LogP contribution in [0.25, 0.3) is 0 Å². The molecule has 0 aliphatic carbocycles. The van der Waals surface area contributed by atoms with Crippen molar-refractivity contribution in [2.24, 2.45) is 0 Å². The Morgan fingerprint density at radius 2 is 1.89 bits per heavy atom. The number of hydrogen-bond acceptors (Lipinski definition) is 5. The van der Waals surface area contributed by atoms with Gasteiger partial charge in [0.15, 0.2) is 6.10 Å². The number of hydrogen-bond donors (Lipinski definition) is 0. The van der Waals surface area contributed by atoms with Crippen molar-refractivity contribution >= 4 is 5.97 Å². The van der Waals surface area contributed by atoms with Crippen molar-refractivity contribution in [1.82, 2.24) is 0 Å². The van der Waals surface area contributed by atoms with Gasteiger partial charge in [-0.1, -0.05) is 30.3 Å². The molecule has 0 saturated carbocycles. The Morgan fingerprint density at radius 3 is 2.37 bits per heavy atom. The number of carbonyl (C=O) groups is 1. The minimum atomic E-state index is -1.55. The minimum absolute atomic E-state index is 0.0941. The van der Waals surface area contributed by atoms with Gasteiger partial charge in [0.2, 0.25) is 0 Å². The van der Waals surface area contributed by atoms with E-state index in [1.807, 2.05) is 0 Å². The van der Waals surface area contributed by atoms with Crippen molar-refractivity contribution in [3.8, 4) is 0 Å². The smallest absolute Gasteiger partial charge is 0.384 e. The van der Waals surface area contributed by atoms with Crippen LogP contribution in [-0.4, -0.2) is 30.1 Å². The number of rotatable bonds is 7. The van der Waals surface area contributed by atoms with Gasteiger partial charge in [-0.05, 0) is 19.4 Å². The van der Waals surface area contributed by atoms with Gasteiger partial charge in [0.1, 0.15) is 0 Å². The highest BCUT2D eigenvalue weighted by Crippen LogP contribution is 2.24. The lowest BCUT2D eigenvalue weighted by molar-refractivity contribution is -0.524. The van der Waals surface area contributed by atoms with Crippen molar-refractivity contribution in [2.45, 2.75) is 26.0 Å². The molecule has 0 aliphatic rings. The van der Waals surface area contributed by atoms with E-state index >= 15 is 0 Å². The molecule has 0 saturated heterocycles. The second-order valence-corrected chi connectivity index (χ2v) is 3.77. The summed E-state index contributed by atoms with van der Waals surface area (Å²) in [6.07, 6.45) is -0.944. The second-order valence-electron chi connectivity index (χ2n) is 3.77. The zero-order chi connectivity index (χ0) is 14.3. The Hall–Kier alpha value is -1.95. The SMILES string of the molecule is CCOC(=O)C(C(OCC)c1ccccc1)[N+](=O)[O-]. The van der Waals surface area contributed by atoms with Gasteiger partial charge in [-0.25, -0.2) is 4.79 Å². The molecule has 19 heavy (non-hydrogen) atoms. The summed E-state index contributed by atoms with van der Waals surface area (Å²) >= 11 is 0. The van der Waals surface area contributed by atoms with Crippen molar-refractivity contribution in [3.63, 3.8) is 0 Å². The van der Waals surface area contributed by atoms with Gasteiger partial charge in [-0.3, -0.25) is 10.1 Å². The highest BCUT2D eigenvalue weighted by Gasteiger charge is 2.41. The predicted molar refractivity (Wildman–Crippen MR) is 68.2 cm³/mol. The van der Waals surface area contributed by atoms with Crippen LogP contribution in [-0.2, 0) is 14.3 Å². The maximum Gasteiger partial charge on any atom is 0.384 e. The molecule has 6 nitrogen and oxygen atoms in total. The van der Waals surface area contributed by atoms with E-state index in [1.165, 1.54) is 0 Å². The Kier molecular flexibility index (Phi) is 5.95. The van der Waals surface area contributed by atoms with E-state index in [2.05, 4.69) is 0 Å². The van der Waals surface area contributed by atoms with Crippen LogP contribution in [0.2, 0.25) is 0 Å². The van der Waals surface area contributed by atoms with Gasteiger partial charge in [-0.2, -0.15) is 0 Å². The normalized spacial score (nSPS) is 13.6. The molecular weight excluding hydrogens is 250 g/mol. The number of nitrogens with zero attached hydrogens (tertiary/aromatic N) is 1. The van der Waals surface area contributed by atoms with Gasteiger partial charge in [0.05, 0.1) is 6.61 Å². The first-order valence-corrected chi connectivity index (χ1v) is 6.08. The zero-order valence-corrected chi connectivity index (χ0v) is 10.9. The van der Waals surface area contributed by atoms with E-state index in [0.29, 0.717) is 5.56 Å². The van der Waals surface area contributed by atoms with E-state index in [0.717, 1.165) is 0 Å². The molecule has 0 bridgehead atoms. The van der Waals surface area contributed by atoms with Gasteiger partial charge in [0, 0.05) is 11.5 Å². The average molecular weight is 267 g/mol. The summed E-state index contributed by atoms with van der Waals surface area (Å²) in [6.45, 7) is 3.69. The first kappa shape index (κ1) is 15.1. The Bertz CT molecular complexity index is 420. The molecule has 0 aliphatic heterocycles. The molecule has 2 unspecified atom stereocenters. The van der Waals surface area contributed by atoms with Crippen molar-refractivity contribution < 1.29 is 19.2 Å². The highest BCUT2D eigenvalue weighted by atomic mass is 16.6. The third-order valence-corrected chi connectivity index (χ3v) is 2.52. The van der Waals surface area contributed by atoms with Gasteiger partial charge < -0.3 is 9.47 Å². The van der Waals surface area contributed by atoms with Crippen LogP contribution >= 0.6 is 0 Å². The topological polar surface area (TPSA) is 78.7 Å². The van der Waals surface area contributed by atoms with Gasteiger partial charge in [-0.15, -0.1) is 0 Å². The van der Waals surface area contributed by atoms with Crippen molar-refractivity contribution in [3.05, 3.63) is 46.0 Å². The van der Waals surface area contributed by atoms with Gasteiger partial charge in [0.25, 0.3) is 0 Å². The highest BCUT2D eigenvalue weighted by molar-refractivity contribution is 5.75. The van der Waals surface area contributed by atoms with Crippen molar-refractivity contribution in [1.29, 1.82) is 0 Å². The molecule has 0 N–H and O–H groups in total. The van der Waals surface area contributed by atoms with Crippen molar-refractivity contribution in [2.75, 3.05) is 13.2 Å². The summed E-state index contributed by atoms with van der Waals surface area (Å²) in [5.74, 6) is -0.880. The monoisotopic (exact) mass is 267 g/mol. The lowest BCUT2D eigenvalue weighted by Gasteiger charge is -2.19. The summed E-state index contributed by atoms with van der Waals surface area (Å²) in [6, 6.07) is 7.10. The van der Waals surface area contributed by atoms with E-state index < -0.39 is 23.0 Å². The summed E-state index contributed by atoms with van der Waals surface area (Å²) in [4.78, 5) is 22.2. The lowest BCUT2D eigenvalue weighted by atomic mass is 10.0. The third-order valence-electron chi connectivity index (χ3n) is 2.52. The second kappa shape index (κ2) is 7.48. The van der Waals surface area contributed by atoms with Crippen LogP contribution in [0.15, 0.2) is 30.3 Å². The molecule has 0 heterocycles. The summed E-state index contributed by atoms with van der Waals surface area (Å²) in [5.41, 5.74) is 0.583. The number of benzene rings is 1. The molecule has 0 radical (unpaired) electrons. The van der Waals surface area contributed by atoms with Crippen LogP contribution in [0.4, 0.5) is 0 Å². The lowest BCUT2D eigenvalue weighted by Crippen LogP contribution is -2.38. The minimum Gasteiger partial charge on any atom is -0.461 e. The van der Waals surface area contributed by atoms with Crippen LogP contribution in [0.5, 0.6) is 0 Å². The Morgan fingerprint density at radius 1 is 1.26 bits per heavy atom. The number of nitro groups is 1. The number of carbonyl (C=O) groups excluding carboxylic acids is 1. The van der Waals surface area contributed by atoms with Gasteiger partial charge >= 0.3 is 12.0 Å². The zero-order valence-electron chi connectivity index (χ0n) is 10.9. The summed E-state index contributed by atoms with van der Waals surface area (Å²) < 4.78 is 10.1. The molecule has 6 heteroatoms. The standard InChI is InChI=1S/C13H17NO5/c1-3-18-12(10-8-6-5-7-9-10)11(14(16)17)13(15)19-4-2/h5-9,11-12H,3-4H2,1-2H3. The quantitative estimate of drug-likeness (QED) is 0.428. The van der Waals surface area contributed by atoms with Crippen LogP contribution < -0.4 is 0 Å². The van der Waals surface area contributed by atoms with E-state index in [-0.39, 0.29) is 13.2 Å². The van der Waals surface area contributed by atoms with E-state index in [4.69, 9.17) is 9.47 Å². The van der Waals surface area contributed by atoms with Crippen LogP contribution in [0.1, 0.15) is 25.5 Å².